The Kier molecular flexibility index (Phi) is 4.15. The van der Waals surface area contributed by atoms with E-state index in [1.165, 1.54) is 12.0 Å². The van der Waals surface area contributed by atoms with Gasteiger partial charge < -0.3 is 5.32 Å². The van der Waals surface area contributed by atoms with E-state index < -0.39 is 0 Å². The summed E-state index contributed by atoms with van der Waals surface area (Å²) in [6, 6.07) is 2.01. The van der Waals surface area contributed by atoms with E-state index in [0.29, 0.717) is 5.15 Å². The molecule has 96 valence electrons. The molecule has 2 rings (SSSR count). The lowest BCUT2D eigenvalue weighted by atomic mass is 10.2. The molecule has 0 aliphatic heterocycles. The Morgan fingerprint density at radius 2 is 2.22 bits per heavy atom. The maximum Gasteiger partial charge on any atom is 0.137 e. The number of nitrogens with one attached hydrogen (secondary N) is 1. The van der Waals surface area contributed by atoms with Crippen molar-refractivity contribution < 1.29 is 0 Å². The quantitative estimate of drug-likeness (QED) is 0.841. The Labute approximate surface area is 111 Å². The molecule has 0 spiro atoms. The number of aryl methyl sites for hydroxylation is 1. The first-order chi connectivity index (χ1) is 8.72. The fourth-order valence-electron chi connectivity index (χ4n) is 1.81. The smallest absolute Gasteiger partial charge is 0.137 e. The summed E-state index contributed by atoms with van der Waals surface area (Å²) in [5, 5.41) is 7.95. The van der Waals surface area contributed by atoms with Crippen molar-refractivity contribution in [2.24, 2.45) is 7.05 Å². The van der Waals surface area contributed by atoms with Crippen LogP contribution in [0.25, 0.3) is 0 Å². The molecule has 5 nitrogen and oxygen atoms in total. The Morgan fingerprint density at radius 3 is 2.89 bits per heavy atom. The van der Waals surface area contributed by atoms with E-state index in [0.717, 1.165) is 30.8 Å². The van der Waals surface area contributed by atoms with Crippen molar-refractivity contribution in [3.05, 3.63) is 35.0 Å². The molecular formula is C12H16ClN5. The third kappa shape index (κ3) is 2.79. The van der Waals surface area contributed by atoms with Crippen LogP contribution < -0.4 is 5.32 Å². The molecule has 0 saturated carbocycles. The Hall–Kier alpha value is -1.62. The van der Waals surface area contributed by atoms with Crippen LogP contribution in [0, 0.1) is 0 Å². The molecule has 2 aromatic rings. The second kappa shape index (κ2) is 5.82. The lowest BCUT2D eigenvalue weighted by molar-refractivity contribution is 0.710. The van der Waals surface area contributed by atoms with E-state index in [9.17, 15) is 0 Å². The molecule has 0 amide bonds. The Bertz CT molecular complexity index is 523. The van der Waals surface area contributed by atoms with E-state index in [1.54, 1.807) is 6.20 Å². The van der Waals surface area contributed by atoms with E-state index in [2.05, 4.69) is 20.4 Å². The zero-order valence-corrected chi connectivity index (χ0v) is 11.3. The summed E-state index contributed by atoms with van der Waals surface area (Å²) in [6.07, 6.45) is 4.98. The molecule has 0 fully saturated rings. The molecule has 6 heteroatoms. The standard InChI is InChI=1S/C12H16ClN5/c1-3-10-11(13)15-8-16-12(10)14-6-4-9-5-7-17-18(9)2/h5,7-8H,3-4,6H2,1-2H3,(H,14,15,16). The van der Waals surface area contributed by atoms with E-state index in [4.69, 9.17) is 11.6 Å². The van der Waals surface area contributed by atoms with Crippen LogP contribution >= 0.6 is 11.6 Å². The molecule has 2 aromatic heterocycles. The van der Waals surface area contributed by atoms with Gasteiger partial charge in [0, 0.05) is 37.5 Å². The SMILES string of the molecule is CCc1c(Cl)ncnc1NCCc1ccnn1C. The molecule has 0 aliphatic rings. The normalized spacial score (nSPS) is 10.6. The van der Waals surface area contributed by atoms with E-state index in [1.807, 2.05) is 24.7 Å². The van der Waals surface area contributed by atoms with Crippen molar-refractivity contribution in [1.82, 2.24) is 19.7 Å². The average molecular weight is 266 g/mol. The summed E-state index contributed by atoms with van der Waals surface area (Å²) in [4.78, 5) is 8.21. The fourth-order valence-corrected chi connectivity index (χ4v) is 2.08. The van der Waals surface area contributed by atoms with Crippen molar-refractivity contribution in [3.8, 4) is 0 Å². The van der Waals surface area contributed by atoms with Crippen molar-refractivity contribution in [1.29, 1.82) is 0 Å². The van der Waals surface area contributed by atoms with E-state index >= 15 is 0 Å². The van der Waals surface area contributed by atoms with Gasteiger partial charge in [0.05, 0.1) is 0 Å². The zero-order valence-electron chi connectivity index (χ0n) is 10.5. The van der Waals surface area contributed by atoms with Gasteiger partial charge in [-0.05, 0) is 12.5 Å². The fraction of sp³-hybridized carbons (Fsp3) is 0.417. The molecule has 0 radical (unpaired) electrons. The summed E-state index contributed by atoms with van der Waals surface area (Å²) >= 11 is 6.03. The van der Waals surface area contributed by atoms with Crippen LogP contribution in [-0.4, -0.2) is 26.3 Å². The van der Waals surface area contributed by atoms with Crippen LogP contribution in [0.4, 0.5) is 5.82 Å². The Balaban J connectivity index is 1.98. The van der Waals surface area contributed by atoms with Gasteiger partial charge in [0.1, 0.15) is 17.3 Å². The molecular weight excluding hydrogens is 250 g/mol. The Morgan fingerprint density at radius 1 is 1.39 bits per heavy atom. The first-order valence-corrected chi connectivity index (χ1v) is 6.30. The maximum absolute atomic E-state index is 6.03. The molecule has 0 saturated heterocycles. The van der Waals surface area contributed by atoms with Gasteiger partial charge in [-0.15, -0.1) is 0 Å². The largest absolute Gasteiger partial charge is 0.369 e. The molecule has 0 aliphatic carbocycles. The van der Waals surface area contributed by atoms with Gasteiger partial charge in [-0.2, -0.15) is 5.10 Å². The summed E-state index contributed by atoms with van der Waals surface area (Å²) in [5.41, 5.74) is 2.14. The second-order valence-corrected chi connectivity index (χ2v) is 4.33. The van der Waals surface area contributed by atoms with Gasteiger partial charge in [0.15, 0.2) is 0 Å². The van der Waals surface area contributed by atoms with Crippen molar-refractivity contribution in [2.45, 2.75) is 19.8 Å². The average Bonchev–Trinajstić information content (AvgIpc) is 2.75. The third-order valence-electron chi connectivity index (χ3n) is 2.84. The second-order valence-electron chi connectivity index (χ2n) is 3.97. The predicted molar refractivity (Wildman–Crippen MR) is 71.8 cm³/mol. The maximum atomic E-state index is 6.03. The summed E-state index contributed by atoms with van der Waals surface area (Å²) < 4.78 is 1.87. The van der Waals surface area contributed by atoms with E-state index in [-0.39, 0.29) is 0 Å². The highest BCUT2D eigenvalue weighted by Crippen LogP contribution is 2.19. The summed E-state index contributed by atoms with van der Waals surface area (Å²) in [7, 11) is 1.94. The van der Waals surface area contributed by atoms with Gasteiger partial charge in [0.2, 0.25) is 0 Å². The highest BCUT2D eigenvalue weighted by molar-refractivity contribution is 6.30. The van der Waals surface area contributed by atoms with Crippen molar-refractivity contribution in [3.63, 3.8) is 0 Å². The number of aromatic nitrogens is 4. The van der Waals surface area contributed by atoms with Crippen molar-refractivity contribution in [2.75, 3.05) is 11.9 Å². The van der Waals surface area contributed by atoms with Crippen molar-refractivity contribution >= 4 is 17.4 Å². The third-order valence-corrected chi connectivity index (χ3v) is 3.17. The first kappa shape index (κ1) is 12.8. The van der Waals surface area contributed by atoms with Gasteiger partial charge in [0.25, 0.3) is 0 Å². The zero-order chi connectivity index (χ0) is 13.0. The molecule has 0 unspecified atom stereocenters. The molecule has 0 aromatic carbocycles. The molecule has 1 N–H and O–H groups in total. The number of nitrogens with zero attached hydrogens (tertiary/aromatic N) is 4. The number of halogens is 1. The first-order valence-electron chi connectivity index (χ1n) is 5.92. The van der Waals surface area contributed by atoms with Gasteiger partial charge >= 0.3 is 0 Å². The van der Waals surface area contributed by atoms with Crippen LogP contribution in [0.1, 0.15) is 18.2 Å². The highest BCUT2D eigenvalue weighted by Gasteiger charge is 2.07. The molecule has 2 heterocycles. The van der Waals surface area contributed by atoms with Crippen LogP contribution in [0.3, 0.4) is 0 Å². The van der Waals surface area contributed by atoms with Crippen LogP contribution in [0.15, 0.2) is 18.6 Å². The highest BCUT2D eigenvalue weighted by atomic mass is 35.5. The van der Waals surface area contributed by atoms with Crippen LogP contribution in [0.2, 0.25) is 5.15 Å². The lowest BCUT2D eigenvalue weighted by Crippen LogP contribution is -2.11. The predicted octanol–water partition coefficient (Wildman–Crippen LogP) is 2.08. The molecule has 0 bridgehead atoms. The minimum atomic E-state index is 0.524. The number of hydrogen-bond donors (Lipinski definition) is 1. The number of anilines is 1. The van der Waals surface area contributed by atoms with Gasteiger partial charge in [-0.25, -0.2) is 9.97 Å². The minimum absolute atomic E-state index is 0.524. The lowest BCUT2D eigenvalue weighted by Gasteiger charge is -2.10. The van der Waals surface area contributed by atoms with Gasteiger partial charge in [-0.1, -0.05) is 18.5 Å². The summed E-state index contributed by atoms with van der Waals surface area (Å²) in [6.45, 7) is 2.83. The molecule has 0 atom stereocenters. The van der Waals surface area contributed by atoms with Crippen LogP contribution in [-0.2, 0) is 19.9 Å². The number of hydrogen-bond acceptors (Lipinski definition) is 4. The molecule has 18 heavy (non-hydrogen) atoms. The minimum Gasteiger partial charge on any atom is -0.369 e. The number of rotatable bonds is 5. The monoisotopic (exact) mass is 265 g/mol. The topological polar surface area (TPSA) is 55.6 Å². The van der Waals surface area contributed by atoms with Gasteiger partial charge in [-0.3, -0.25) is 4.68 Å². The van der Waals surface area contributed by atoms with Crippen LogP contribution in [0.5, 0.6) is 0 Å². The summed E-state index contributed by atoms with van der Waals surface area (Å²) in [5.74, 6) is 0.819.